The van der Waals surface area contributed by atoms with Crippen LogP contribution in [0.3, 0.4) is 0 Å². The van der Waals surface area contributed by atoms with Crippen molar-refractivity contribution < 1.29 is 5.11 Å². The average molecular weight is 320 g/mol. The topological polar surface area (TPSA) is 23.5 Å². The summed E-state index contributed by atoms with van der Waals surface area (Å²) < 4.78 is 0. The molecule has 4 fully saturated rings. The van der Waals surface area contributed by atoms with E-state index in [0.717, 1.165) is 42.6 Å². The van der Waals surface area contributed by atoms with E-state index in [1.807, 2.05) is 0 Å². The smallest absolute Gasteiger partial charge is 0.0543 e. The Morgan fingerprint density at radius 1 is 0.826 bits per heavy atom. The van der Waals surface area contributed by atoms with Gasteiger partial charge in [-0.3, -0.25) is 0 Å². The molecule has 4 aliphatic rings. The van der Waals surface area contributed by atoms with Crippen LogP contribution in [0.5, 0.6) is 0 Å². The number of hydrogen-bond acceptors (Lipinski definition) is 2. The highest BCUT2D eigenvalue weighted by Crippen LogP contribution is 2.66. The summed E-state index contributed by atoms with van der Waals surface area (Å²) in [6.07, 6.45) is 12.0. The molecular weight excluding hydrogens is 282 g/mol. The van der Waals surface area contributed by atoms with E-state index in [0.29, 0.717) is 10.8 Å². The normalized spacial score (nSPS) is 56.1. The van der Waals surface area contributed by atoms with E-state index in [9.17, 15) is 5.11 Å². The van der Waals surface area contributed by atoms with E-state index < -0.39 is 0 Å². The average Bonchev–Trinajstić information content (AvgIpc) is 2.85. The number of hydrogen-bond donors (Lipinski definition) is 1. The van der Waals surface area contributed by atoms with Crippen molar-refractivity contribution in [2.24, 2.45) is 34.5 Å². The summed E-state index contributed by atoms with van der Waals surface area (Å²) in [5, 5.41) is 10.1. The Labute approximate surface area is 143 Å². The van der Waals surface area contributed by atoms with E-state index in [2.05, 4.69) is 32.8 Å². The van der Waals surface area contributed by atoms with Crippen molar-refractivity contribution in [1.29, 1.82) is 0 Å². The second-order valence-electron chi connectivity index (χ2n) is 10.2. The number of fused-ring (bicyclic) bond motifs is 5. The second kappa shape index (κ2) is 5.46. The first-order chi connectivity index (χ1) is 10.9. The van der Waals surface area contributed by atoms with Crippen LogP contribution in [0, 0.1) is 34.5 Å². The molecule has 0 aromatic rings. The van der Waals surface area contributed by atoms with Crippen LogP contribution in [-0.4, -0.2) is 36.2 Å². The van der Waals surface area contributed by atoms with E-state index in [1.54, 1.807) is 0 Å². The third-order valence-corrected chi connectivity index (χ3v) is 9.21. The predicted molar refractivity (Wildman–Crippen MR) is 95.2 cm³/mol. The van der Waals surface area contributed by atoms with E-state index in [4.69, 9.17) is 0 Å². The van der Waals surface area contributed by atoms with Gasteiger partial charge in [0.25, 0.3) is 0 Å². The first-order valence-electron chi connectivity index (χ1n) is 10.2. The van der Waals surface area contributed by atoms with Crippen molar-refractivity contribution in [1.82, 2.24) is 4.90 Å². The van der Waals surface area contributed by atoms with Gasteiger partial charge in [-0.05, 0) is 106 Å². The Hall–Kier alpha value is -0.0800. The lowest BCUT2D eigenvalue weighted by Gasteiger charge is -2.61. The van der Waals surface area contributed by atoms with Gasteiger partial charge in [0, 0.05) is 6.04 Å². The molecule has 132 valence electrons. The molecule has 0 aromatic carbocycles. The van der Waals surface area contributed by atoms with Crippen molar-refractivity contribution >= 4 is 0 Å². The molecule has 0 radical (unpaired) electrons. The van der Waals surface area contributed by atoms with Gasteiger partial charge < -0.3 is 10.0 Å². The molecule has 4 rings (SSSR count). The Balaban J connectivity index is 1.60. The zero-order valence-electron chi connectivity index (χ0n) is 15.7. The summed E-state index contributed by atoms with van der Waals surface area (Å²) in [5.74, 6) is 3.66. The fraction of sp³-hybridized carbons (Fsp3) is 1.00. The lowest BCUT2D eigenvalue weighted by Crippen LogP contribution is -2.55. The maximum Gasteiger partial charge on any atom is 0.0543 e. The van der Waals surface area contributed by atoms with Crippen LogP contribution in [0.2, 0.25) is 0 Å². The van der Waals surface area contributed by atoms with Crippen LogP contribution in [0.25, 0.3) is 0 Å². The van der Waals surface area contributed by atoms with Gasteiger partial charge in [-0.15, -0.1) is 0 Å². The van der Waals surface area contributed by atoms with E-state index in [-0.39, 0.29) is 6.10 Å². The number of aliphatic hydroxyl groups is 1. The molecule has 4 saturated carbocycles. The molecule has 1 N–H and O–H groups in total. The van der Waals surface area contributed by atoms with Crippen molar-refractivity contribution in [2.75, 3.05) is 14.1 Å². The van der Waals surface area contributed by atoms with Gasteiger partial charge in [0.1, 0.15) is 0 Å². The van der Waals surface area contributed by atoms with Crippen molar-refractivity contribution in [3.8, 4) is 0 Å². The van der Waals surface area contributed by atoms with Crippen LogP contribution in [0.1, 0.15) is 71.6 Å². The molecule has 4 aliphatic carbocycles. The maximum atomic E-state index is 10.1. The molecule has 23 heavy (non-hydrogen) atoms. The van der Waals surface area contributed by atoms with Gasteiger partial charge in [-0.1, -0.05) is 13.8 Å². The lowest BCUT2D eigenvalue weighted by molar-refractivity contribution is -0.127. The Bertz CT molecular complexity index is 463. The Kier molecular flexibility index (Phi) is 3.89. The van der Waals surface area contributed by atoms with Gasteiger partial charge >= 0.3 is 0 Å². The van der Waals surface area contributed by atoms with Gasteiger partial charge in [0.05, 0.1) is 6.10 Å². The van der Waals surface area contributed by atoms with Crippen molar-refractivity contribution in [3.05, 3.63) is 0 Å². The fourth-order valence-electron chi connectivity index (χ4n) is 8.06. The standard InChI is InChI=1S/C21H37NO/c1-20-11-9-15(23)13-14(20)5-6-16-17-7-8-19(22(3)4)21(17,2)12-10-18(16)20/h14-19,23H,5-13H2,1-4H3/t14-,15+,16-,17+,18-,19+,20-,21-/m0/s1. The van der Waals surface area contributed by atoms with Gasteiger partial charge in [0.15, 0.2) is 0 Å². The summed E-state index contributed by atoms with van der Waals surface area (Å²) in [5.41, 5.74) is 1.09. The number of aliphatic hydroxyl groups excluding tert-OH is 1. The molecule has 0 spiro atoms. The highest BCUT2D eigenvalue weighted by atomic mass is 16.3. The molecule has 0 heterocycles. The predicted octanol–water partition coefficient (Wildman–Crippen LogP) is 4.32. The SMILES string of the molecule is CN(C)[C@@H]1CC[C@@H]2[C@@H]3CC[C@H]4C[C@H](O)CC[C@]4(C)[C@H]3CC[C@@]21C. The lowest BCUT2D eigenvalue weighted by atomic mass is 9.45. The molecule has 0 amide bonds. The first-order valence-corrected chi connectivity index (χ1v) is 10.2. The summed E-state index contributed by atoms with van der Waals surface area (Å²) >= 11 is 0. The molecule has 2 heteroatoms. The van der Waals surface area contributed by atoms with Gasteiger partial charge in [-0.2, -0.15) is 0 Å². The molecule has 0 saturated heterocycles. The quantitative estimate of drug-likeness (QED) is 0.778. The maximum absolute atomic E-state index is 10.1. The molecule has 0 aliphatic heterocycles. The van der Waals surface area contributed by atoms with Crippen LogP contribution in [0.4, 0.5) is 0 Å². The van der Waals surface area contributed by atoms with Gasteiger partial charge in [0.2, 0.25) is 0 Å². The molecule has 8 atom stereocenters. The van der Waals surface area contributed by atoms with Crippen LogP contribution >= 0.6 is 0 Å². The minimum Gasteiger partial charge on any atom is -0.393 e. The summed E-state index contributed by atoms with van der Waals surface area (Å²) in [4.78, 5) is 2.52. The second-order valence-corrected chi connectivity index (χ2v) is 10.2. The monoisotopic (exact) mass is 319 g/mol. The van der Waals surface area contributed by atoms with Crippen LogP contribution in [0.15, 0.2) is 0 Å². The zero-order chi connectivity index (χ0) is 16.4. The highest BCUT2D eigenvalue weighted by Gasteiger charge is 2.60. The fourth-order valence-corrected chi connectivity index (χ4v) is 8.06. The number of nitrogens with zero attached hydrogens (tertiary/aromatic N) is 1. The molecule has 0 unspecified atom stereocenters. The first kappa shape index (κ1) is 16.4. The third kappa shape index (κ3) is 2.27. The summed E-state index contributed by atoms with van der Waals surface area (Å²) in [7, 11) is 4.59. The van der Waals surface area contributed by atoms with E-state index >= 15 is 0 Å². The molecular formula is C21H37NO. The largest absolute Gasteiger partial charge is 0.393 e. The van der Waals surface area contributed by atoms with Crippen molar-refractivity contribution in [3.63, 3.8) is 0 Å². The summed E-state index contributed by atoms with van der Waals surface area (Å²) in [6, 6.07) is 0.798. The summed E-state index contributed by atoms with van der Waals surface area (Å²) in [6.45, 7) is 5.21. The van der Waals surface area contributed by atoms with Crippen LogP contribution in [-0.2, 0) is 0 Å². The molecule has 2 nitrogen and oxygen atoms in total. The molecule has 0 bridgehead atoms. The van der Waals surface area contributed by atoms with Gasteiger partial charge in [-0.25, -0.2) is 0 Å². The Morgan fingerprint density at radius 2 is 1.52 bits per heavy atom. The highest BCUT2D eigenvalue weighted by molar-refractivity contribution is 5.10. The molecule has 0 aromatic heterocycles. The van der Waals surface area contributed by atoms with E-state index in [1.165, 1.54) is 44.9 Å². The Morgan fingerprint density at radius 3 is 2.26 bits per heavy atom. The zero-order valence-corrected chi connectivity index (χ0v) is 15.7. The minimum absolute atomic E-state index is 0.0110. The minimum atomic E-state index is -0.0110. The van der Waals surface area contributed by atoms with Crippen LogP contribution < -0.4 is 0 Å². The van der Waals surface area contributed by atoms with Crippen molar-refractivity contribution in [2.45, 2.75) is 83.8 Å². The number of rotatable bonds is 1. The third-order valence-electron chi connectivity index (χ3n) is 9.21.